The molecular weight excluding hydrogens is 359 g/mol. The molecule has 0 unspecified atom stereocenters. The molecule has 2 aromatic carbocycles. The summed E-state index contributed by atoms with van der Waals surface area (Å²) in [6, 6.07) is 9.60. The van der Waals surface area contributed by atoms with Gasteiger partial charge in [-0.3, -0.25) is 0 Å². The summed E-state index contributed by atoms with van der Waals surface area (Å²) in [7, 11) is -2.29. The molecule has 122 valence electrons. The Morgan fingerprint density at radius 3 is 2.39 bits per heavy atom. The molecule has 0 amide bonds. The van der Waals surface area contributed by atoms with Crippen LogP contribution in [0.25, 0.3) is 0 Å². The van der Waals surface area contributed by atoms with E-state index < -0.39 is 10.0 Å². The Balaban J connectivity index is 2.25. The molecule has 0 aromatic heterocycles. The summed E-state index contributed by atoms with van der Waals surface area (Å²) in [6.45, 7) is 1.87. The van der Waals surface area contributed by atoms with Crippen molar-refractivity contribution in [1.82, 2.24) is 4.83 Å². The van der Waals surface area contributed by atoms with Crippen LogP contribution in [0.3, 0.4) is 0 Å². The first kappa shape index (κ1) is 17.6. The number of sulfonamides is 1. The zero-order valence-corrected chi connectivity index (χ0v) is 14.7. The molecule has 0 aliphatic heterocycles. The first-order valence-electron chi connectivity index (χ1n) is 6.48. The Bertz CT molecular complexity index is 835. The van der Waals surface area contributed by atoms with Crippen LogP contribution in [-0.4, -0.2) is 21.7 Å². The molecule has 0 saturated carbocycles. The lowest BCUT2D eigenvalue weighted by atomic mass is 10.2. The number of hydrazone groups is 1. The van der Waals surface area contributed by atoms with E-state index in [0.717, 1.165) is 5.56 Å². The molecule has 0 saturated heterocycles. The van der Waals surface area contributed by atoms with Gasteiger partial charge in [0.05, 0.1) is 33.8 Å². The van der Waals surface area contributed by atoms with Crippen LogP contribution in [0.1, 0.15) is 11.1 Å². The number of halogens is 2. The predicted octanol–water partition coefficient (Wildman–Crippen LogP) is 3.62. The number of nitrogens with zero attached hydrogens (tertiary/aromatic N) is 1. The van der Waals surface area contributed by atoms with Crippen LogP contribution in [0.5, 0.6) is 5.75 Å². The second-order valence-corrected chi connectivity index (χ2v) is 7.09. The third-order valence-corrected chi connectivity index (χ3v) is 5.07. The third kappa shape index (κ3) is 4.16. The third-order valence-electron chi connectivity index (χ3n) is 3.01. The summed E-state index contributed by atoms with van der Waals surface area (Å²) >= 11 is 12.0. The van der Waals surface area contributed by atoms with E-state index in [4.69, 9.17) is 27.9 Å². The van der Waals surface area contributed by atoms with Crippen molar-refractivity contribution in [1.29, 1.82) is 0 Å². The first-order chi connectivity index (χ1) is 10.8. The molecule has 0 heterocycles. The molecule has 0 aliphatic rings. The smallest absolute Gasteiger partial charge is 0.276 e. The second-order valence-electron chi connectivity index (χ2n) is 4.64. The van der Waals surface area contributed by atoms with Crippen LogP contribution in [-0.2, 0) is 10.0 Å². The predicted molar refractivity (Wildman–Crippen MR) is 92.1 cm³/mol. The van der Waals surface area contributed by atoms with Gasteiger partial charge in [-0.1, -0.05) is 40.9 Å². The van der Waals surface area contributed by atoms with E-state index in [2.05, 4.69) is 9.93 Å². The lowest BCUT2D eigenvalue weighted by Crippen LogP contribution is -2.18. The first-order valence-corrected chi connectivity index (χ1v) is 8.72. The maximum atomic E-state index is 12.1. The topological polar surface area (TPSA) is 67.8 Å². The molecule has 0 aliphatic carbocycles. The average Bonchev–Trinajstić information content (AvgIpc) is 2.52. The zero-order chi connectivity index (χ0) is 17.0. The van der Waals surface area contributed by atoms with Gasteiger partial charge in [-0.05, 0) is 31.2 Å². The number of ether oxygens (including phenoxy) is 1. The Labute approximate surface area is 144 Å². The standard InChI is InChI=1S/C15H14Cl2N2O3S/c1-10-3-5-11(6-4-10)23(20,21)19-18-9-12-14(22-2)8-7-13(16)15(12)17/h3-9,19H,1-2H3/b18-9+. The van der Waals surface area contributed by atoms with E-state index in [-0.39, 0.29) is 9.92 Å². The molecule has 0 radical (unpaired) electrons. The van der Waals surface area contributed by atoms with E-state index in [1.165, 1.54) is 25.5 Å². The Morgan fingerprint density at radius 2 is 1.78 bits per heavy atom. The van der Waals surface area contributed by atoms with Crippen LogP contribution in [0, 0.1) is 6.92 Å². The van der Waals surface area contributed by atoms with Gasteiger partial charge in [0.25, 0.3) is 10.0 Å². The van der Waals surface area contributed by atoms with Gasteiger partial charge in [-0.2, -0.15) is 13.5 Å². The van der Waals surface area contributed by atoms with Crippen LogP contribution in [0.4, 0.5) is 0 Å². The molecule has 5 nitrogen and oxygen atoms in total. The van der Waals surface area contributed by atoms with Crippen LogP contribution in [0.15, 0.2) is 46.4 Å². The van der Waals surface area contributed by atoms with Crippen molar-refractivity contribution in [2.75, 3.05) is 7.11 Å². The van der Waals surface area contributed by atoms with Gasteiger partial charge < -0.3 is 4.74 Å². The molecule has 0 bridgehead atoms. The largest absolute Gasteiger partial charge is 0.496 e. The van der Waals surface area contributed by atoms with Gasteiger partial charge in [-0.15, -0.1) is 0 Å². The monoisotopic (exact) mass is 372 g/mol. The fourth-order valence-corrected chi connectivity index (χ4v) is 2.94. The minimum atomic E-state index is -3.75. The average molecular weight is 373 g/mol. The molecule has 0 spiro atoms. The van der Waals surface area contributed by atoms with Crippen molar-refractivity contribution in [3.05, 3.63) is 57.6 Å². The summed E-state index contributed by atoms with van der Waals surface area (Å²) in [6.07, 6.45) is 1.25. The molecule has 23 heavy (non-hydrogen) atoms. The minimum absolute atomic E-state index is 0.115. The van der Waals surface area contributed by atoms with Gasteiger partial charge in [0.1, 0.15) is 5.75 Å². The van der Waals surface area contributed by atoms with Gasteiger partial charge in [0.15, 0.2) is 0 Å². The van der Waals surface area contributed by atoms with Crippen molar-refractivity contribution in [3.8, 4) is 5.75 Å². The van der Waals surface area contributed by atoms with E-state index in [9.17, 15) is 8.42 Å². The van der Waals surface area contributed by atoms with Gasteiger partial charge >= 0.3 is 0 Å². The highest BCUT2D eigenvalue weighted by Gasteiger charge is 2.13. The fourth-order valence-electron chi connectivity index (χ4n) is 1.78. The van der Waals surface area contributed by atoms with Crippen molar-refractivity contribution in [2.24, 2.45) is 5.10 Å². The van der Waals surface area contributed by atoms with Crippen molar-refractivity contribution in [3.63, 3.8) is 0 Å². The normalized spacial score (nSPS) is 11.7. The number of methoxy groups -OCH3 is 1. The number of benzene rings is 2. The molecule has 0 atom stereocenters. The Kier molecular flexibility index (Phi) is 5.51. The highest BCUT2D eigenvalue weighted by molar-refractivity contribution is 7.89. The lowest BCUT2D eigenvalue weighted by Gasteiger charge is -2.08. The van der Waals surface area contributed by atoms with Crippen LogP contribution >= 0.6 is 23.2 Å². The van der Waals surface area contributed by atoms with Gasteiger partial charge in [-0.25, -0.2) is 4.83 Å². The molecule has 0 fully saturated rings. The quantitative estimate of drug-likeness (QED) is 0.643. The van der Waals surface area contributed by atoms with Crippen molar-refractivity contribution in [2.45, 2.75) is 11.8 Å². The summed E-state index contributed by atoms with van der Waals surface area (Å²) in [5.74, 6) is 0.428. The maximum absolute atomic E-state index is 12.1. The number of nitrogens with one attached hydrogen (secondary N) is 1. The van der Waals surface area contributed by atoms with Crippen molar-refractivity contribution >= 4 is 39.4 Å². The number of hydrogen-bond acceptors (Lipinski definition) is 4. The SMILES string of the molecule is COc1ccc(Cl)c(Cl)c1/C=N/NS(=O)(=O)c1ccc(C)cc1. The number of rotatable bonds is 5. The summed E-state index contributed by atoms with van der Waals surface area (Å²) in [5, 5.41) is 4.28. The van der Waals surface area contributed by atoms with E-state index in [1.54, 1.807) is 24.3 Å². The molecular formula is C15H14Cl2N2O3S. The molecule has 1 N–H and O–H groups in total. The van der Waals surface area contributed by atoms with E-state index in [0.29, 0.717) is 16.3 Å². The number of hydrogen-bond donors (Lipinski definition) is 1. The molecule has 2 rings (SSSR count). The van der Waals surface area contributed by atoms with Gasteiger partial charge in [0, 0.05) is 0 Å². The van der Waals surface area contributed by atoms with Gasteiger partial charge in [0.2, 0.25) is 0 Å². The fraction of sp³-hybridized carbons (Fsp3) is 0.133. The minimum Gasteiger partial charge on any atom is -0.496 e. The van der Waals surface area contributed by atoms with Crippen molar-refractivity contribution < 1.29 is 13.2 Å². The second kappa shape index (κ2) is 7.21. The van der Waals surface area contributed by atoms with Crippen LogP contribution < -0.4 is 9.57 Å². The highest BCUT2D eigenvalue weighted by atomic mass is 35.5. The van der Waals surface area contributed by atoms with E-state index in [1.807, 2.05) is 6.92 Å². The number of aryl methyl sites for hydroxylation is 1. The summed E-state index contributed by atoms with van der Waals surface area (Å²) in [5.41, 5.74) is 1.34. The highest BCUT2D eigenvalue weighted by Crippen LogP contribution is 2.31. The van der Waals surface area contributed by atoms with Crippen LogP contribution in [0.2, 0.25) is 10.0 Å². The summed E-state index contributed by atoms with van der Waals surface area (Å²) < 4.78 is 29.4. The zero-order valence-electron chi connectivity index (χ0n) is 12.4. The van der Waals surface area contributed by atoms with E-state index >= 15 is 0 Å². The maximum Gasteiger partial charge on any atom is 0.276 e. The molecule has 8 heteroatoms. The lowest BCUT2D eigenvalue weighted by molar-refractivity contribution is 0.414. The Morgan fingerprint density at radius 1 is 1.13 bits per heavy atom. The summed E-state index contributed by atoms with van der Waals surface area (Å²) in [4.78, 5) is 2.24. The molecule has 2 aromatic rings. The Hall–Kier alpha value is -1.76.